The summed E-state index contributed by atoms with van der Waals surface area (Å²) in [5, 5.41) is 5.78. The minimum Gasteiger partial charge on any atom is -0.321 e. The van der Waals surface area contributed by atoms with Crippen LogP contribution >= 0.6 is 11.8 Å². The van der Waals surface area contributed by atoms with Gasteiger partial charge >= 0.3 is 0 Å². The number of benzene rings is 3. The van der Waals surface area contributed by atoms with Gasteiger partial charge in [0.15, 0.2) is 0 Å². The van der Waals surface area contributed by atoms with Gasteiger partial charge in [-0.15, -0.1) is 0 Å². The molecule has 0 saturated carbocycles. The molecular formula is C25H18N2O2S. The number of nitrogens with one attached hydrogen (secondary N) is 2. The van der Waals surface area contributed by atoms with Crippen LogP contribution < -0.4 is 10.6 Å². The van der Waals surface area contributed by atoms with Gasteiger partial charge in [-0.05, 0) is 42.3 Å². The van der Waals surface area contributed by atoms with Gasteiger partial charge in [-0.25, -0.2) is 0 Å². The van der Waals surface area contributed by atoms with Gasteiger partial charge in [0.05, 0.1) is 22.5 Å². The van der Waals surface area contributed by atoms with Gasteiger partial charge in [0.1, 0.15) is 0 Å². The molecule has 3 aromatic carbocycles. The van der Waals surface area contributed by atoms with Crippen LogP contribution in [-0.2, 0) is 9.59 Å². The third-order valence-corrected chi connectivity index (χ3v) is 6.16. The SMILES string of the molecule is Cc1ccc(C2=C3C(=O)NC(c4ccc(Sc5ccccc5)cc4)=C3C(=O)N2)cc1. The Hall–Kier alpha value is -3.57. The molecule has 0 unspecified atom stereocenters. The molecule has 2 aliphatic heterocycles. The van der Waals surface area contributed by atoms with E-state index in [0.29, 0.717) is 22.5 Å². The van der Waals surface area contributed by atoms with E-state index in [-0.39, 0.29) is 11.8 Å². The van der Waals surface area contributed by atoms with Crippen LogP contribution in [0, 0.1) is 6.92 Å². The van der Waals surface area contributed by atoms with Gasteiger partial charge in [-0.3, -0.25) is 9.59 Å². The summed E-state index contributed by atoms with van der Waals surface area (Å²) < 4.78 is 0. The van der Waals surface area contributed by atoms with Gasteiger partial charge < -0.3 is 10.6 Å². The number of carbonyl (C=O) groups is 2. The van der Waals surface area contributed by atoms with Crippen molar-refractivity contribution in [3.63, 3.8) is 0 Å². The van der Waals surface area contributed by atoms with E-state index in [1.54, 1.807) is 11.8 Å². The molecule has 3 aromatic rings. The van der Waals surface area contributed by atoms with Gasteiger partial charge in [-0.1, -0.05) is 71.9 Å². The van der Waals surface area contributed by atoms with E-state index >= 15 is 0 Å². The summed E-state index contributed by atoms with van der Waals surface area (Å²) in [5.41, 5.74) is 4.72. The maximum atomic E-state index is 12.7. The summed E-state index contributed by atoms with van der Waals surface area (Å²) in [5.74, 6) is -0.506. The molecule has 0 fully saturated rings. The van der Waals surface area contributed by atoms with Gasteiger partial charge in [-0.2, -0.15) is 0 Å². The molecule has 4 nitrogen and oxygen atoms in total. The summed E-state index contributed by atoms with van der Waals surface area (Å²) in [6, 6.07) is 25.8. The molecule has 2 heterocycles. The van der Waals surface area contributed by atoms with Crippen molar-refractivity contribution in [2.75, 3.05) is 0 Å². The average molecular weight is 410 g/mol. The standard InChI is InChI=1S/C25H18N2O2S/c1-15-7-9-16(10-8-15)22-20-21(25(29)26-22)23(27-24(20)28)17-11-13-19(14-12-17)30-18-5-3-2-4-6-18/h2-14H,1H3,(H,26,29)(H,27,28). The smallest absolute Gasteiger partial charge is 0.258 e. The Labute approximate surface area is 178 Å². The predicted octanol–water partition coefficient (Wildman–Crippen LogP) is 4.53. The maximum absolute atomic E-state index is 12.7. The highest BCUT2D eigenvalue weighted by Crippen LogP contribution is 2.38. The summed E-state index contributed by atoms with van der Waals surface area (Å²) in [6.07, 6.45) is 0. The first-order valence-corrected chi connectivity index (χ1v) is 10.4. The van der Waals surface area contributed by atoms with Crippen LogP contribution in [0.3, 0.4) is 0 Å². The number of rotatable bonds is 4. The van der Waals surface area contributed by atoms with E-state index < -0.39 is 0 Å². The molecule has 0 saturated heterocycles. The Balaban J connectivity index is 1.50. The minimum atomic E-state index is -0.253. The predicted molar refractivity (Wildman–Crippen MR) is 118 cm³/mol. The topological polar surface area (TPSA) is 58.2 Å². The minimum absolute atomic E-state index is 0.253. The molecule has 5 heteroatoms. The highest BCUT2D eigenvalue weighted by atomic mass is 32.2. The number of aryl methyl sites for hydroxylation is 1. The van der Waals surface area contributed by atoms with Crippen molar-refractivity contribution >= 4 is 35.0 Å². The lowest BCUT2D eigenvalue weighted by molar-refractivity contribution is -0.117. The van der Waals surface area contributed by atoms with Crippen molar-refractivity contribution in [1.82, 2.24) is 10.6 Å². The highest BCUT2D eigenvalue weighted by molar-refractivity contribution is 7.99. The first kappa shape index (κ1) is 18.5. The first-order chi connectivity index (χ1) is 14.6. The van der Waals surface area contributed by atoms with Crippen LogP contribution in [0.4, 0.5) is 0 Å². The van der Waals surface area contributed by atoms with Crippen molar-refractivity contribution in [3.8, 4) is 0 Å². The number of carbonyl (C=O) groups excluding carboxylic acids is 2. The second-order valence-corrected chi connectivity index (χ2v) is 8.36. The molecule has 2 N–H and O–H groups in total. The van der Waals surface area contributed by atoms with E-state index in [1.807, 2.05) is 73.7 Å². The molecule has 30 heavy (non-hydrogen) atoms. The zero-order valence-electron chi connectivity index (χ0n) is 16.2. The zero-order valence-corrected chi connectivity index (χ0v) is 17.0. The molecule has 146 valence electrons. The van der Waals surface area contributed by atoms with Crippen molar-refractivity contribution in [1.29, 1.82) is 0 Å². The molecule has 0 aromatic heterocycles. The molecule has 0 radical (unpaired) electrons. The lowest BCUT2D eigenvalue weighted by atomic mass is 10.0. The molecule has 0 bridgehead atoms. The monoisotopic (exact) mass is 410 g/mol. The van der Waals surface area contributed by atoms with Crippen molar-refractivity contribution < 1.29 is 9.59 Å². The highest BCUT2D eigenvalue weighted by Gasteiger charge is 2.40. The summed E-state index contributed by atoms with van der Waals surface area (Å²) >= 11 is 1.67. The molecule has 5 rings (SSSR count). The van der Waals surface area contributed by atoms with E-state index in [4.69, 9.17) is 0 Å². The maximum Gasteiger partial charge on any atom is 0.258 e. The quantitative estimate of drug-likeness (QED) is 0.665. The van der Waals surface area contributed by atoms with Crippen molar-refractivity contribution in [3.05, 3.63) is 107 Å². The van der Waals surface area contributed by atoms with E-state index in [1.165, 1.54) is 0 Å². The van der Waals surface area contributed by atoms with Crippen LogP contribution in [0.1, 0.15) is 16.7 Å². The number of fused-ring (bicyclic) bond motifs is 1. The largest absolute Gasteiger partial charge is 0.321 e. The van der Waals surface area contributed by atoms with Crippen LogP contribution in [0.2, 0.25) is 0 Å². The Morgan fingerprint density at radius 3 is 1.60 bits per heavy atom. The summed E-state index contributed by atoms with van der Waals surface area (Å²) in [7, 11) is 0. The van der Waals surface area contributed by atoms with E-state index in [2.05, 4.69) is 22.8 Å². The Bertz CT molecular complexity index is 1220. The third kappa shape index (κ3) is 3.23. The lowest BCUT2D eigenvalue weighted by Crippen LogP contribution is -2.21. The number of hydrogen-bond donors (Lipinski definition) is 2. The molecule has 2 amide bonds. The number of hydrogen-bond acceptors (Lipinski definition) is 3. The third-order valence-electron chi connectivity index (χ3n) is 5.14. The van der Waals surface area contributed by atoms with E-state index in [9.17, 15) is 9.59 Å². The summed E-state index contributed by atoms with van der Waals surface area (Å²) in [4.78, 5) is 27.7. The van der Waals surface area contributed by atoms with Gasteiger partial charge in [0.2, 0.25) is 0 Å². The summed E-state index contributed by atoms with van der Waals surface area (Å²) in [6.45, 7) is 2.00. The van der Waals surface area contributed by atoms with Gasteiger partial charge in [0, 0.05) is 9.79 Å². The molecule has 0 spiro atoms. The van der Waals surface area contributed by atoms with Crippen LogP contribution in [0.25, 0.3) is 11.4 Å². The van der Waals surface area contributed by atoms with Crippen LogP contribution in [0.5, 0.6) is 0 Å². The molecule has 0 atom stereocenters. The fourth-order valence-electron chi connectivity index (χ4n) is 3.65. The normalized spacial score (nSPS) is 15.4. The van der Waals surface area contributed by atoms with Crippen molar-refractivity contribution in [2.45, 2.75) is 16.7 Å². The van der Waals surface area contributed by atoms with Crippen molar-refractivity contribution in [2.24, 2.45) is 0 Å². The lowest BCUT2D eigenvalue weighted by Gasteiger charge is -2.08. The average Bonchev–Trinajstić information content (AvgIpc) is 3.28. The second-order valence-electron chi connectivity index (χ2n) is 7.21. The van der Waals surface area contributed by atoms with Gasteiger partial charge in [0.25, 0.3) is 11.8 Å². The fraction of sp³-hybridized carbons (Fsp3) is 0.0400. The Morgan fingerprint density at radius 1 is 0.600 bits per heavy atom. The molecular weight excluding hydrogens is 392 g/mol. The fourth-order valence-corrected chi connectivity index (χ4v) is 4.49. The zero-order chi connectivity index (χ0) is 20.7. The Morgan fingerprint density at radius 2 is 1.07 bits per heavy atom. The van der Waals surface area contributed by atoms with Crippen LogP contribution in [-0.4, -0.2) is 11.8 Å². The first-order valence-electron chi connectivity index (χ1n) is 9.62. The second kappa shape index (κ2) is 7.35. The van der Waals surface area contributed by atoms with E-state index in [0.717, 1.165) is 26.5 Å². The Kier molecular flexibility index (Phi) is 4.52. The molecule has 0 aliphatic carbocycles. The van der Waals surface area contributed by atoms with Crippen LogP contribution in [0.15, 0.2) is 99.8 Å². The number of amides is 2. The molecule has 2 aliphatic rings.